The van der Waals surface area contributed by atoms with Crippen LogP contribution in [-0.2, 0) is 16.0 Å². The highest BCUT2D eigenvalue weighted by Gasteiger charge is 2.25. The molecule has 1 fully saturated rings. The van der Waals surface area contributed by atoms with E-state index >= 15 is 0 Å². The van der Waals surface area contributed by atoms with Gasteiger partial charge in [-0.15, -0.1) is 0 Å². The lowest BCUT2D eigenvalue weighted by atomic mass is 10.0. The average molecular weight is 334 g/mol. The largest absolute Gasteiger partial charge is 0.481 e. The molecule has 0 radical (unpaired) electrons. The Balaban J connectivity index is 1.95. The van der Waals surface area contributed by atoms with E-state index in [1.54, 1.807) is 4.90 Å². The zero-order valence-corrected chi connectivity index (χ0v) is 14.1. The van der Waals surface area contributed by atoms with Crippen molar-refractivity contribution in [1.82, 2.24) is 10.2 Å². The predicted molar refractivity (Wildman–Crippen MR) is 90.9 cm³/mol. The van der Waals surface area contributed by atoms with Crippen LogP contribution in [0.5, 0.6) is 0 Å². The summed E-state index contributed by atoms with van der Waals surface area (Å²) in [4.78, 5) is 25.2. The number of hydrogen-bond donors (Lipinski definition) is 2. The van der Waals surface area contributed by atoms with Gasteiger partial charge in [0.1, 0.15) is 0 Å². The van der Waals surface area contributed by atoms with E-state index in [1.807, 2.05) is 37.3 Å². The Labute approximate surface area is 142 Å². The molecule has 2 unspecified atom stereocenters. The number of carboxylic acids is 1. The number of nitrogens with one attached hydrogen (secondary N) is 1. The molecule has 1 aromatic carbocycles. The highest BCUT2D eigenvalue weighted by Crippen LogP contribution is 2.11. The van der Waals surface area contributed by atoms with Crippen LogP contribution in [-0.4, -0.2) is 53.8 Å². The molecular formula is C18H26N2O4. The summed E-state index contributed by atoms with van der Waals surface area (Å²) >= 11 is 0. The molecule has 0 spiro atoms. The first kappa shape index (κ1) is 18.3. The van der Waals surface area contributed by atoms with E-state index in [4.69, 9.17) is 9.84 Å². The van der Waals surface area contributed by atoms with Crippen molar-refractivity contribution in [3.05, 3.63) is 35.9 Å². The first-order chi connectivity index (χ1) is 11.6. The fourth-order valence-electron chi connectivity index (χ4n) is 2.84. The number of carbonyl (C=O) groups is 2. The van der Waals surface area contributed by atoms with Crippen molar-refractivity contribution in [3.63, 3.8) is 0 Å². The summed E-state index contributed by atoms with van der Waals surface area (Å²) in [7, 11) is 0. The Hall–Kier alpha value is -2.08. The second kappa shape index (κ2) is 9.27. The maximum Gasteiger partial charge on any atom is 0.317 e. The number of urea groups is 1. The van der Waals surface area contributed by atoms with E-state index in [9.17, 15) is 9.59 Å². The molecule has 0 bridgehead atoms. The quantitative estimate of drug-likeness (QED) is 0.802. The normalized spacial score (nSPS) is 18.9. The second-order valence-corrected chi connectivity index (χ2v) is 6.12. The van der Waals surface area contributed by atoms with Gasteiger partial charge in [0.25, 0.3) is 0 Å². The van der Waals surface area contributed by atoms with Gasteiger partial charge in [-0.2, -0.15) is 0 Å². The van der Waals surface area contributed by atoms with Crippen molar-refractivity contribution in [3.8, 4) is 0 Å². The van der Waals surface area contributed by atoms with Crippen molar-refractivity contribution >= 4 is 12.0 Å². The van der Waals surface area contributed by atoms with Crippen molar-refractivity contribution in [2.24, 2.45) is 0 Å². The summed E-state index contributed by atoms with van der Waals surface area (Å²) in [5.74, 6) is -0.847. The third kappa shape index (κ3) is 5.85. The topological polar surface area (TPSA) is 78.9 Å². The van der Waals surface area contributed by atoms with Crippen LogP contribution in [0.25, 0.3) is 0 Å². The zero-order chi connectivity index (χ0) is 17.4. The number of aliphatic carboxylic acids is 1. The molecular weight excluding hydrogens is 308 g/mol. The Kier molecular flexibility index (Phi) is 7.06. The molecule has 0 saturated carbocycles. The van der Waals surface area contributed by atoms with Crippen molar-refractivity contribution in [2.75, 3.05) is 19.7 Å². The molecule has 0 aromatic heterocycles. The number of nitrogens with zero attached hydrogens (tertiary/aromatic N) is 1. The van der Waals surface area contributed by atoms with Crippen molar-refractivity contribution in [1.29, 1.82) is 0 Å². The molecule has 6 nitrogen and oxygen atoms in total. The van der Waals surface area contributed by atoms with E-state index in [1.165, 1.54) is 0 Å². The third-order valence-electron chi connectivity index (χ3n) is 4.24. The standard InChI is InChI=1S/C18H26N2O4/c1-2-16-13-20(10-11-24-16)18(23)19-15(8-9-17(21)22)12-14-6-4-3-5-7-14/h3-7,15-16H,2,8-13H2,1H3,(H,19,23)(H,21,22). The maximum atomic E-state index is 12.5. The van der Waals surface area contributed by atoms with Gasteiger partial charge in [-0.05, 0) is 24.8 Å². The molecule has 1 aliphatic heterocycles. The van der Waals surface area contributed by atoms with Gasteiger partial charge in [-0.3, -0.25) is 4.79 Å². The summed E-state index contributed by atoms with van der Waals surface area (Å²) in [5, 5.41) is 11.9. The number of ether oxygens (including phenoxy) is 1. The SMILES string of the molecule is CCC1CN(C(=O)NC(CCC(=O)O)Cc2ccccc2)CCO1. The minimum Gasteiger partial charge on any atom is -0.481 e. The molecule has 2 atom stereocenters. The lowest BCUT2D eigenvalue weighted by Crippen LogP contribution is -2.52. The van der Waals surface area contributed by atoms with Crippen molar-refractivity contribution in [2.45, 2.75) is 44.8 Å². The maximum absolute atomic E-state index is 12.5. The van der Waals surface area contributed by atoms with Crippen LogP contribution < -0.4 is 5.32 Å². The minimum atomic E-state index is -0.847. The fourth-order valence-corrected chi connectivity index (χ4v) is 2.84. The molecule has 6 heteroatoms. The highest BCUT2D eigenvalue weighted by molar-refractivity contribution is 5.75. The molecule has 1 aromatic rings. The van der Waals surface area contributed by atoms with E-state index in [0.29, 0.717) is 32.5 Å². The Morgan fingerprint density at radius 3 is 2.79 bits per heavy atom. The zero-order valence-electron chi connectivity index (χ0n) is 14.1. The van der Waals surface area contributed by atoms with Gasteiger partial charge in [0.15, 0.2) is 0 Å². The fraction of sp³-hybridized carbons (Fsp3) is 0.556. The molecule has 132 valence electrons. The number of carbonyl (C=O) groups excluding carboxylic acids is 1. The number of amides is 2. The second-order valence-electron chi connectivity index (χ2n) is 6.12. The van der Waals surface area contributed by atoms with Crippen LogP contribution in [0.4, 0.5) is 4.79 Å². The average Bonchev–Trinajstić information content (AvgIpc) is 2.60. The van der Waals surface area contributed by atoms with Gasteiger partial charge < -0.3 is 20.1 Å². The smallest absolute Gasteiger partial charge is 0.317 e. The monoisotopic (exact) mass is 334 g/mol. The first-order valence-corrected chi connectivity index (χ1v) is 8.51. The Morgan fingerprint density at radius 2 is 2.12 bits per heavy atom. The van der Waals surface area contributed by atoms with E-state index in [2.05, 4.69) is 5.32 Å². The van der Waals surface area contributed by atoms with Gasteiger partial charge in [-0.25, -0.2) is 4.79 Å². The van der Waals surface area contributed by atoms with Gasteiger partial charge in [-0.1, -0.05) is 37.3 Å². The van der Waals surface area contributed by atoms with Gasteiger partial charge in [0.2, 0.25) is 0 Å². The highest BCUT2D eigenvalue weighted by atomic mass is 16.5. The lowest BCUT2D eigenvalue weighted by molar-refractivity contribution is -0.137. The summed E-state index contributed by atoms with van der Waals surface area (Å²) in [5.41, 5.74) is 1.08. The van der Waals surface area contributed by atoms with Crippen LogP contribution in [0.15, 0.2) is 30.3 Å². The van der Waals surface area contributed by atoms with Crippen LogP contribution in [0.3, 0.4) is 0 Å². The van der Waals surface area contributed by atoms with Gasteiger partial charge in [0, 0.05) is 25.6 Å². The molecule has 0 aliphatic carbocycles. The molecule has 1 heterocycles. The number of hydrogen-bond acceptors (Lipinski definition) is 3. The number of rotatable bonds is 7. The predicted octanol–water partition coefficient (Wildman–Crippen LogP) is 2.28. The summed E-state index contributed by atoms with van der Waals surface area (Å²) in [6.07, 6.45) is 2.03. The molecule has 2 rings (SSSR count). The molecule has 24 heavy (non-hydrogen) atoms. The molecule has 2 N–H and O–H groups in total. The van der Waals surface area contributed by atoms with Gasteiger partial charge in [0.05, 0.1) is 12.7 Å². The number of benzene rings is 1. The minimum absolute atomic E-state index is 0.0402. The summed E-state index contributed by atoms with van der Waals surface area (Å²) in [6.45, 7) is 3.74. The van der Waals surface area contributed by atoms with E-state index < -0.39 is 5.97 Å². The number of morpholine rings is 1. The van der Waals surface area contributed by atoms with Gasteiger partial charge >= 0.3 is 12.0 Å². The molecule has 2 amide bonds. The van der Waals surface area contributed by atoms with E-state index in [0.717, 1.165) is 12.0 Å². The Morgan fingerprint density at radius 1 is 1.38 bits per heavy atom. The van der Waals surface area contributed by atoms with Crippen molar-refractivity contribution < 1.29 is 19.4 Å². The van der Waals surface area contributed by atoms with E-state index in [-0.39, 0.29) is 24.6 Å². The van der Waals surface area contributed by atoms with Crippen LogP contribution in [0.1, 0.15) is 31.7 Å². The third-order valence-corrected chi connectivity index (χ3v) is 4.24. The molecule has 1 aliphatic rings. The number of carboxylic acid groups (broad SMARTS) is 1. The van der Waals surface area contributed by atoms with Crippen LogP contribution >= 0.6 is 0 Å². The lowest BCUT2D eigenvalue weighted by Gasteiger charge is -2.33. The first-order valence-electron chi connectivity index (χ1n) is 8.51. The summed E-state index contributed by atoms with van der Waals surface area (Å²) < 4.78 is 5.59. The molecule has 1 saturated heterocycles. The summed E-state index contributed by atoms with van der Waals surface area (Å²) in [6, 6.07) is 9.47. The Bertz CT molecular complexity index is 535. The van der Waals surface area contributed by atoms with Crippen LogP contribution in [0, 0.1) is 0 Å². The van der Waals surface area contributed by atoms with Crippen LogP contribution in [0.2, 0.25) is 0 Å².